The molecular formula is C11H13N3O3S. The molecule has 2 aromatic heterocycles. The van der Waals surface area contributed by atoms with Gasteiger partial charge in [0.05, 0.1) is 12.9 Å². The second-order valence-corrected chi connectivity index (χ2v) is 6.63. The number of methoxy groups -OCH3 is 1. The molecule has 2 aromatic rings. The van der Waals surface area contributed by atoms with E-state index in [9.17, 15) is 8.42 Å². The summed E-state index contributed by atoms with van der Waals surface area (Å²) < 4.78 is 30.8. The van der Waals surface area contributed by atoms with E-state index in [0.717, 1.165) is 0 Å². The van der Waals surface area contributed by atoms with E-state index in [4.69, 9.17) is 4.74 Å². The first-order valence-electron chi connectivity index (χ1n) is 5.72. The number of ether oxygens (including phenoxy) is 1. The van der Waals surface area contributed by atoms with E-state index in [-0.39, 0.29) is 5.75 Å². The lowest BCUT2D eigenvalue weighted by atomic mass is 10.2. The molecule has 0 bridgehead atoms. The normalized spacial score (nSPS) is 22.4. The Labute approximate surface area is 105 Å². The predicted molar refractivity (Wildman–Crippen MR) is 65.3 cm³/mol. The highest BCUT2D eigenvalue weighted by molar-refractivity contribution is 7.91. The van der Waals surface area contributed by atoms with Crippen LogP contribution in [0.3, 0.4) is 0 Å². The van der Waals surface area contributed by atoms with Gasteiger partial charge in [-0.25, -0.2) is 8.42 Å². The molecule has 1 aliphatic heterocycles. The van der Waals surface area contributed by atoms with E-state index in [2.05, 4.69) is 10.2 Å². The minimum atomic E-state index is -3.09. The van der Waals surface area contributed by atoms with Crippen LogP contribution in [-0.2, 0) is 9.84 Å². The van der Waals surface area contributed by atoms with Gasteiger partial charge in [-0.2, -0.15) is 0 Å². The number of fused-ring (bicyclic) bond motifs is 1. The van der Waals surface area contributed by atoms with Gasteiger partial charge < -0.3 is 4.74 Å². The molecule has 0 aliphatic carbocycles. The van der Waals surface area contributed by atoms with Gasteiger partial charge in [0.2, 0.25) is 5.65 Å². The van der Waals surface area contributed by atoms with Crippen LogP contribution >= 0.6 is 0 Å². The van der Waals surface area contributed by atoms with Crippen molar-refractivity contribution in [2.24, 2.45) is 0 Å². The Morgan fingerprint density at radius 1 is 1.44 bits per heavy atom. The van der Waals surface area contributed by atoms with Crippen LogP contribution in [0.25, 0.3) is 5.65 Å². The van der Waals surface area contributed by atoms with Crippen molar-refractivity contribution in [3.8, 4) is 5.75 Å². The number of nitrogens with zero attached hydrogens (tertiary/aromatic N) is 3. The van der Waals surface area contributed by atoms with Crippen molar-refractivity contribution in [1.29, 1.82) is 0 Å². The van der Waals surface area contributed by atoms with E-state index < -0.39 is 15.1 Å². The number of hydrogen-bond acceptors (Lipinski definition) is 5. The minimum absolute atomic E-state index is 0.233. The SMILES string of the molecule is COc1cccn2c(C3CCCS3(=O)=O)nnc12. The molecule has 0 radical (unpaired) electrons. The largest absolute Gasteiger partial charge is 0.493 e. The number of aromatic nitrogens is 3. The molecular weight excluding hydrogens is 254 g/mol. The van der Waals surface area contributed by atoms with Gasteiger partial charge in [0.1, 0.15) is 5.25 Å². The van der Waals surface area contributed by atoms with E-state index in [1.54, 1.807) is 29.8 Å². The van der Waals surface area contributed by atoms with Gasteiger partial charge in [0.15, 0.2) is 21.4 Å². The van der Waals surface area contributed by atoms with Gasteiger partial charge in [-0.05, 0) is 25.0 Å². The van der Waals surface area contributed by atoms with Crippen molar-refractivity contribution >= 4 is 15.5 Å². The van der Waals surface area contributed by atoms with E-state index in [1.807, 2.05) is 0 Å². The molecule has 7 heteroatoms. The van der Waals surface area contributed by atoms with Gasteiger partial charge in [-0.3, -0.25) is 4.40 Å². The molecule has 18 heavy (non-hydrogen) atoms. The minimum Gasteiger partial charge on any atom is -0.493 e. The molecule has 96 valence electrons. The van der Waals surface area contributed by atoms with E-state index in [0.29, 0.717) is 30.1 Å². The summed E-state index contributed by atoms with van der Waals surface area (Å²) in [4.78, 5) is 0. The summed E-state index contributed by atoms with van der Waals surface area (Å²) in [7, 11) is -1.53. The topological polar surface area (TPSA) is 73.6 Å². The van der Waals surface area contributed by atoms with Crippen molar-refractivity contribution in [3.05, 3.63) is 24.2 Å². The number of rotatable bonds is 2. The van der Waals surface area contributed by atoms with Crippen LogP contribution in [0.1, 0.15) is 23.9 Å². The quantitative estimate of drug-likeness (QED) is 0.811. The first-order chi connectivity index (χ1) is 8.63. The zero-order valence-electron chi connectivity index (χ0n) is 9.91. The second kappa shape index (κ2) is 3.94. The molecule has 1 atom stereocenters. The average Bonchev–Trinajstić information content (AvgIpc) is 2.91. The van der Waals surface area contributed by atoms with Crippen molar-refractivity contribution in [3.63, 3.8) is 0 Å². The molecule has 3 rings (SSSR count). The Hall–Kier alpha value is -1.63. The summed E-state index contributed by atoms with van der Waals surface area (Å²) >= 11 is 0. The predicted octanol–water partition coefficient (Wildman–Crippen LogP) is 0.988. The Balaban J connectivity index is 2.20. The van der Waals surface area contributed by atoms with Crippen molar-refractivity contribution in [2.75, 3.05) is 12.9 Å². The molecule has 0 aromatic carbocycles. The lowest BCUT2D eigenvalue weighted by Gasteiger charge is -2.07. The summed E-state index contributed by atoms with van der Waals surface area (Å²) in [5.74, 6) is 1.31. The van der Waals surface area contributed by atoms with Crippen molar-refractivity contribution in [2.45, 2.75) is 18.1 Å². The third kappa shape index (κ3) is 1.58. The summed E-state index contributed by atoms with van der Waals surface area (Å²) in [6.07, 6.45) is 3.06. The fourth-order valence-electron chi connectivity index (χ4n) is 2.37. The molecule has 1 saturated heterocycles. The van der Waals surface area contributed by atoms with Crippen LogP contribution in [0.2, 0.25) is 0 Å². The van der Waals surface area contributed by atoms with Gasteiger partial charge in [-0.15, -0.1) is 10.2 Å². The monoisotopic (exact) mass is 267 g/mol. The van der Waals surface area contributed by atoms with Crippen LogP contribution in [0.15, 0.2) is 18.3 Å². The molecule has 1 fully saturated rings. The number of hydrogen-bond donors (Lipinski definition) is 0. The molecule has 0 N–H and O–H groups in total. The molecule has 0 amide bonds. The Bertz CT molecular complexity index is 693. The van der Waals surface area contributed by atoms with Gasteiger partial charge in [-0.1, -0.05) is 0 Å². The first-order valence-corrected chi connectivity index (χ1v) is 7.44. The standard InChI is InChI=1S/C11H13N3O3S/c1-17-8-4-2-6-14-10(8)12-13-11(14)9-5-3-7-18(9,15)16/h2,4,6,9H,3,5,7H2,1H3. The third-order valence-electron chi connectivity index (χ3n) is 3.26. The Morgan fingerprint density at radius 3 is 2.94 bits per heavy atom. The molecule has 0 saturated carbocycles. The third-order valence-corrected chi connectivity index (χ3v) is 5.43. The van der Waals surface area contributed by atoms with E-state index in [1.165, 1.54) is 0 Å². The van der Waals surface area contributed by atoms with Crippen LogP contribution in [-0.4, -0.2) is 35.9 Å². The van der Waals surface area contributed by atoms with Gasteiger partial charge in [0.25, 0.3) is 0 Å². The molecule has 0 spiro atoms. The summed E-state index contributed by atoms with van der Waals surface area (Å²) in [6, 6.07) is 3.57. The van der Waals surface area contributed by atoms with Crippen LogP contribution in [0.4, 0.5) is 0 Å². The maximum absolute atomic E-state index is 11.9. The van der Waals surface area contributed by atoms with Gasteiger partial charge in [0, 0.05) is 6.20 Å². The summed E-state index contributed by atoms with van der Waals surface area (Å²) in [5, 5.41) is 7.52. The van der Waals surface area contributed by atoms with Crippen LogP contribution in [0, 0.1) is 0 Å². The van der Waals surface area contributed by atoms with Crippen LogP contribution < -0.4 is 4.74 Å². The second-order valence-electron chi connectivity index (χ2n) is 4.33. The maximum Gasteiger partial charge on any atom is 0.203 e. The molecule has 6 nitrogen and oxygen atoms in total. The summed E-state index contributed by atoms with van der Waals surface area (Å²) in [6.45, 7) is 0. The maximum atomic E-state index is 11.9. The highest BCUT2D eigenvalue weighted by Crippen LogP contribution is 2.34. The smallest absolute Gasteiger partial charge is 0.203 e. The van der Waals surface area contributed by atoms with Gasteiger partial charge >= 0.3 is 0 Å². The fourth-order valence-corrected chi connectivity index (χ4v) is 4.23. The fraction of sp³-hybridized carbons (Fsp3) is 0.455. The first kappa shape index (κ1) is 11.5. The van der Waals surface area contributed by atoms with E-state index >= 15 is 0 Å². The Morgan fingerprint density at radius 2 is 2.28 bits per heavy atom. The Kier molecular flexibility index (Phi) is 2.51. The lowest BCUT2D eigenvalue weighted by molar-refractivity contribution is 0.416. The highest BCUT2D eigenvalue weighted by Gasteiger charge is 2.36. The lowest BCUT2D eigenvalue weighted by Crippen LogP contribution is -2.11. The average molecular weight is 267 g/mol. The highest BCUT2D eigenvalue weighted by atomic mass is 32.2. The van der Waals surface area contributed by atoms with Crippen molar-refractivity contribution < 1.29 is 13.2 Å². The molecule has 1 unspecified atom stereocenters. The molecule has 3 heterocycles. The zero-order chi connectivity index (χ0) is 12.8. The van der Waals surface area contributed by atoms with Crippen molar-refractivity contribution in [1.82, 2.24) is 14.6 Å². The molecule has 1 aliphatic rings. The number of pyridine rings is 1. The summed E-state index contributed by atoms with van der Waals surface area (Å²) in [5.41, 5.74) is 0.553. The zero-order valence-corrected chi connectivity index (χ0v) is 10.7. The number of sulfone groups is 1. The van der Waals surface area contributed by atoms with Crippen LogP contribution in [0.5, 0.6) is 5.75 Å².